The summed E-state index contributed by atoms with van der Waals surface area (Å²) in [5, 5.41) is 0. The highest BCUT2D eigenvalue weighted by atomic mass is 16.7. The second-order valence-corrected chi connectivity index (χ2v) is 6.08. The number of ether oxygens (including phenoxy) is 2. The summed E-state index contributed by atoms with van der Waals surface area (Å²) in [6.07, 6.45) is 12.5. The Morgan fingerprint density at radius 2 is 1.81 bits per heavy atom. The maximum atomic E-state index is 12.9. The van der Waals surface area contributed by atoms with Gasteiger partial charge in [-0.25, -0.2) is 0 Å². The van der Waals surface area contributed by atoms with Crippen molar-refractivity contribution in [2.75, 3.05) is 7.11 Å². The first kappa shape index (κ1) is 14.7. The van der Waals surface area contributed by atoms with Crippen LogP contribution < -0.4 is 0 Å². The van der Waals surface area contributed by atoms with E-state index in [0.717, 1.165) is 19.3 Å². The van der Waals surface area contributed by atoms with Crippen LogP contribution in [0.1, 0.15) is 44.9 Å². The van der Waals surface area contributed by atoms with E-state index >= 15 is 0 Å². The number of carbonyl (C=O) groups excluding carboxylic acids is 2. The van der Waals surface area contributed by atoms with E-state index in [4.69, 9.17) is 9.47 Å². The van der Waals surface area contributed by atoms with Gasteiger partial charge in [0.1, 0.15) is 5.60 Å². The van der Waals surface area contributed by atoms with Gasteiger partial charge in [0, 0.05) is 20.0 Å². The van der Waals surface area contributed by atoms with Gasteiger partial charge in [0.2, 0.25) is 5.79 Å². The van der Waals surface area contributed by atoms with Crippen LogP contribution in [0.25, 0.3) is 0 Å². The fourth-order valence-corrected chi connectivity index (χ4v) is 3.81. The molecule has 0 aromatic rings. The molecule has 2 aliphatic carbocycles. The van der Waals surface area contributed by atoms with Crippen molar-refractivity contribution >= 4 is 11.6 Å². The average molecular weight is 290 g/mol. The van der Waals surface area contributed by atoms with E-state index < -0.39 is 17.3 Å². The lowest BCUT2D eigenvalue weighted by atomic mass is 9.74. The first-order valence-electron chi connectivity index (χ1n) is 7.77. The van der Waals surface area contributed by atoms with E-state index in [1.165, 1.54) is 7.11 Å². The van der Waals surface area contributed by atoms with Gasteiger partial charge in [0.25, 0.3) is 0 Å². The highest BCUT2D eigenvalue weighted by Gasteiger charge is 2.64. The number of hydrogen-bond donors (Lipinski definition) is 0. The Kier molecular flexibility index (Phi) is 3.84. The highest BCUT2D eigenvalue weighted by Crippen LogP contribution is 2.49. The van der Waals surface area contributed by atoms with Gasteiger partial charge in [0.15, 0.2) is 11.6 Å². The standard InChI is InChI=1S/C17H22O4/c1-20-17-12-8-4-5-9-13(15(17)19)16(21-17)11-7-3-2-6-10-14(16)18/h2-5,13H,6-12H2,1H3. The van der Waals surface area contributed by atoms with Crippen molar-refractivity contribution in [3.63, 3.8) is 0 Å². The van der Waals surface area contributed by atoms with Crippen LogP contribution in [0.3, 0.4) is 0 Å². The molecule has 2 bridgehead atoms. The fourth-order valence-electron chi connectivity index (χ4n) is 3.81. The Morgan fingerprint density at radius 1 is 1.10 bits per heavy atom. The Balaban J connectivity index is 2.05. The summed E-state index contributed by atoms with van der Waals surface area (Å²) >= 11 is 0. The molecule has 0 saturated carbocycles. The van der Waals surface area contributed by atoms with Crippen molar-refractivity contribution < 1.29 is 19.1 Å². The Bertz CT molecular complexity index is 507. The van der Waals surface area contributed by atoms with Gasteiger partial charge >= 0.3 is 0 Å². The third-order valence-corrected chi connectivity index (χ3v) is 4.97. The van der Waals surface area contributed by atoms with E-state index in [1.807, 2.05) is 12.2 Å². The lowest BCUT2D eigenvalue weighted by Crippen LogP contribution is -2.46. The van der Waals surface area contributed by atoms with Gasteiger partial charge in [0.05, 0.1) is 5.92 Å². The summed E-state index contributed by atoms with van der Waals surface area (Å²) in [7, 11) is 1.51. The van der Waals surface area contributed by atoms with E-state index in [1.54, 1.807) is 0 Å². The molecular weight excluding hydrogens is 268 g/mol. The molecule has 1 saturated heterocycles. The summed E-state index contributed by atoms with van der Waals surface area (Å²) in [5.41, 5.74) is -0.994. The molecule has 21 heavy (non-hydrogen) atoms. The van der Waals surface area contributed by atoms with Gasteiger partial charge in [-0.05, 0) is 32.1 Å². The second-order valence-electron chi connectivity index (χ2n) is 6.08. The SMILES string of the molecule is COC12CCC=CCC(C1=O)C1(CCC=CCCC1=O)O2. The molecule has 1 aliphatic heterocycles. The van der Waals surface area contributed by atoms with Gasteiger partial charge in [-0.15, -0.1) is 0 Å². The third-order valence-electron chi connectivity index (χ3n) is 4.97. The van der Waals surface area contributed by atoms with Crippen molar-refractivity contribution in [3.8, 4) is 0 Å². The van der Waals surface area contributed by atoms with Crippen molar-refractivity contribution in [3.05, 3.63) is 24.3 Å². The Morgan fingerprint density at radius 3 is 2.62 bits per heavy atom. The lowest BCUT2D eigenvalue weighted by molar-refractivity contribution is -0.235. The lowest BCUT2D eigenvalue weighted by Gasteiger charge is -2.34. The Labute approximate surface area is 125 Å². The topological polar surface area (TPSA) is 52.6 Å². The number of Topliss-reactive ketones (excluding diaryl/α,β-unsaturated/α-hetero) is 2. The van der Waals surface area contributed by atoms with Crippen molar-refractivity contribution in [1.82, 2.24) is 0 Å². The second kappa shape index (κ2) is 5.50. The van der Waals surface area contributed by atoms with Crippen molar-refractivity contribution in [2.24, 2.45) is 5.92 Å². The van der Waals surface area contributed by atoms with Crippen LogP contribution in [0.5, 0.6) is 0 Å². The maximum Gasteiger partial charge on any atom is 0.230 e. The summed E-state index contributed by atoms with van der Waals surface area (Å²) in [6, 6.07) is 0. The third kappa shape index (κ3) is 2.21. The van der Waals surface area contributed by atoms with Crippen LogP contribution in [-0.4, -0.2) is 30.1 Å². The van der Waals surface area contributed by atoms with Crippen LogP contribution in [0.15, 0.2) is 24.3 Å². The molecule has 4 heteroatoms. The zero-order chi connectivity index (χ0) is 14.9. The minimum absolute atomic E-state index is 0.0488. The molecule has 0 radical (unpaired) electrons. The summed E-state index contributed by atoms with van der Waals surface area (Å²) in [6.45, 7) is 0. The number of rotatable bonds is 1. The zero-order valence-electron chi connectivity index (χ0n) is 12.5. The molecule has 0 aromatic carbocycles. The molecule has 1 spiro atoms. The van der Waals surface area contributed by atoms with Crippen molar-refractivity contribution in [2.45, 2.75) is 56.3 Å². The average Bonchev–Trinajstić information content (AvgIpc) is 2.75. The number of fused-ring (bicyclic) bond motifs is 3. The quantitative estimate of drug-likeness (QED) is 0.697. The van der Waals surface area contributed by atoms with E-state index in [9.17, 15) is 9.59 Å². The molecule has 0 N–H and O–H groups in total. The van der Waals surface area contributed by atoms with Crippen LogP contribution in [0.4, 0.5) is 0 Å². The fraction of sp³-hybridized carbons (Fsp3) is 0.647. The van der Waals surface area contributed by atoms with E-state index in [2.05, 4.69) is 12.2 Å². The summed E-state index contributed by atoms with van der Waals surface area (Å²) < 4.78 is 11.7. The molecule has 1 heterocycles. The predicted molar refractivity (Wildman–Crippen MR) is 77.7 cm³/mol. The summed E-state index contributed by atoms with van der Waals surface area (Å²) in [5.74, 6) is -1.63. The van der Waals surface area contributed by atoms with Crippen LogP contribution in [0.2, 0.25) is 0 Å². The smallest absolute Gasteiger partial charge is 0.230 e. The van der Waals surface area contributed by atoms with Gasteiger partial charge < -0.3 is 9.47 Å². The Hall–Kier alpha value is -1.26. The monoisotopic (exact) mass is 290 g/mol. The molecule has 4 nitrogen and oxygen atoms in total. The molecule has 3 unspecified atom stereocenters. The number of allylic oxidation sites excluding steroid dienone is 4. The predicted octanol–water partition coefficient (Wildman–Crippen LogP) is 2.72. The van der Waals surface area contributed by atoms with Crippen LogP contribution in [0, 0.1) is 5.92 Å². The number of hydrogen-bond acceptors (Lipinski definition) is 4. The minimum Gasteiger partial charge on any atom is -0.347 e. The van der Waals surface area contributed by atoms with Gasteiger partial charge in [-0.1, -0.05) is 24.3 Å². The molecule has 3 rings (SSSR count). The van der Waals surface area contributed by atoms with Crippen molar-refractivity contribution in [1.29, 1.82) is 0 Å². The molecule has 0 amide bonds. The first-order valence-corrected chi connectivity index (χ1v) is 7.77. The molecule has 0 aromatic heterocycles. The van der Waals surface area contributed by atoms with Crippen LogP contribution in [-0.2, 0) is 19.1 Å². The highest BCUT2D eigenvalue weighted by molar-refractivity contribution is 6.01. The normalized spacial score (nSPS) is 40.0. The van der Waals surface area contributed by atoms with E-state index in [0.29, 0.717) is 25.7 Å². The molecule has 3 atom stereocenters. The molecular formula is C17H22O4. The first-order chi connectivity index (χ1) is 10.1. The van der Waals surface area contributed by atoms with Gasteiger partial charge in [-0.2, -0.15) is 0 Å². The maximum absolute atomic E-state index is 12.9. The number of ketones is 2. The molecule has 3 aliphatic rings. The summed E-state index contributed by atoms with van der Waals surface area (Å²) in [4.78, 5) is 25.6. The zero-order valence-corrected chi connectivity index (χ0v) is 12.5. The number of methoxy groups -OCH3 is 1. The largest absolute Gasteiger partial charge is 0.347 e. The van der Waals surface area contributed by atoms with E-state index in [-0.39, 0.29) is 11.6 Å². The van der Waals surface area contributed by atoms with Gasteiger partial charge in [-0.3, -0.25) is 9.59 Å². The molecule has 114 valence electrons. The molecule has 1 fully saturated rings. The minimum atomic E-state index is -1.23. The van der Waals surface area contributed by atoms with Crippen LogP contribution >= 0.6 is 0 Å². The number of carbonyl (C=O) groups is 2.